The van der Waals surface area contributed by atoms with Crippen LogP contribution < -0.4 is 11.1 Å². The molecule has 1 amide bonds. The fraction of sp³-hybridized carbons (Fsp3) is 0.333. The molecule has 0 bridgehead atoms. The first-order valence-electron chi connectivity index (χ1n) is 7.22. The Bertz CT molecular complexity index is 794. The van der Waals surface area contributed by atoms with Crippen LogP contribution in [0.25, 0.3) is 0 Å². The minimum absolute atomic E-state index is 0.325. The molecule has 0 unspecified atom stereocenters. The van der Waals surface area contributed by atoms with Crippen molar-refractivity contribution in [2.75, 3.05) is 11.9 Å². The summed E-state index contributed by atoms with van der Waals surface area (Å²) in [5, 5.41) is 16.6. The van der Waals surface area contributed by atoms with Crippen molar-refractivity contribution in [3.8, 4) is 6.07 Å². The maximum atomic E-state index is 11.4. The Morgan fingerprint density at radius 1 is 1.57 bits per heavy atom. The van der Waals surface area contributed by atoms with Crippen LogP contribution in [0.15, 0.2) is 18.5 Å². The molecule has 0 spiro atoms. The van der Waals surface area contributed by atoms with Crippen molar-refractivity contribution in [1.82, 2.24) is 14.8 Å². The highest BCUT2D eigenvalue weighted by Gasteiger charge is 2.24. The number of hydrogen-bond donors (Lipinski definition) is 2. The molecule has 2 aromatic heterocycles. The van der Waals surface area contributed by atoms with E-state index in [4.69, 9.17) is 22.6 Å². The Labute approximate surface area is 138 Å². The lowest BCUT2D eigenvalue weighted by molar-refractivity contribution is 0.0998. The number of carbonyl (C=O) groups is 1. The Morgan fingerprint density at radius 2 is 2.39 bits per heavy atom. The monoisotopic (exact) mass is 330 g/mol. The Morgan fingerprint density at radius 3 is 3.09 bits per heavy atom. The van der Waals surface area contributed by atoms with Gasteiger partial charge in [0.15, 0.2) is 0 Å². The van der Waals surface area contributed by atoms with Crippen molar-refractivity contribution in [3.63, 3.8) is 0 Å². The van der Waals surface area contributed by atoms with Crippen molar-refractivity contribution >= 4 is 23.3 Å². The van der Waals surface area contributed by atoms with Crippen LogP contribution in [0.4, 0.5) is 5.82 Å². The molecule has 23 heavy (non-hydrogen) atoms. The van der Waals surface area contributed by atoms with E-state index in [9.17, 15) is 4.79 Å². The van der Waals surface area contributed by atoms with Gasteiger partial charge < -0.3 is 11.1 Å². The zero-order valence-electron chi connectivity index (χ0n) is 12.3. The molecule has 0 aliphatic carbocycles. The lowest BCUT2D eigenvalue weighted by atomic mass is 9.94. The maximum Gasteiger partial charge on any atom is 0.252 e. The second-order valence-corrected chi connectivity index (χ2v) is 5.91. The zero-order chi connectivity index (χ0) is 16.4. The average Bonchev–Trinajstić information content (AvgIpc) is 2.97. The summed E-state index contributed by atoms with van der Waals surface area (Å²) < 4.78 is 1.84. The molecule has 1 aliphatic heterocycles. The van der Waals surface area contributed by atoms with Crippen molar-refractivity contribution in [2.45, 2.75) is 19.4 Å². The number of nitriles is 1. The number of primary amides is 1. The van der Waals surface area contributed by atoms with E-state index in [0.717, 1.165) is 25.1 Å². The van der Waals surface area contributed by atoms with Crippen LogP contribution in [0.2, 0.25) is 5.02 Å². The third kappa shape index (κ3) is 3.12. The van der Waals surface area contributed by atoms with E-state index in [-0.39, 0.29) is 0 Å². The number of anilines is 1. The molecule has 3 heterocycles. The molecule has 1 aliphatic rings. The van der Waals surface area contributed by atoms with Gasteiger partial charge in [-0.05, 0) is 24.8 Å². The molecule has 7 nitrogen and oxygen atoms in total. The quantitative estimate of drug-likeness (QED) is 0.884. The predicted octanol–water partition coefficient (Wildman–Crippen LogP) is 1.58. The molecule has 3 N–H and O–H groups in total. The highest BCUT2D eigenvalue weighted by Crippen LogP contribution is 2.25. The number of nitrogens with one attached hydrogen (secondary N) is 1. The van der Waals surface area contributed by atoms with Crippen LogP contribution in [0.1, 0.15) is 28.0 Å². The lowest BCUT2D eigenvalue weighted by Crippen LogP contribution is -2.27. The molecule has 1 atom stereocenters. The van der Waals surface area contributed by atoms with Crippen LogP contribution in [0.5, 0.6) is 0 Å². The van der Waals surface area contributed by atoms with Crippen molar-refractivity contribution < 1.29 is 4.79 Å². The van der Waals surface area contributed by atoms with Gasteiger partial charge >= 0.3 is 0 Å². The number of pyridine rings is 1. The van der Waals surface area contributed by atoms with Gasteiger partial charge in [0.05, 0.1) is 28.0 Å². The highest BCUT2D eigenvalue weighted by molar-refractivity contribution is 6.33. The minimum Gasteiger partial charge on any atom is -0.369 e. The molecule has 3 rings (SSSR count). The number of carbonyl (C=O) groups excluding carboxylic acids is 1. The number of hydrogen-bond acceptors (Lipinski definition) is 5. The standard InChI is InChI=1S/C15H15ClN6O/c16-12-3-10(5-17)7-20-15(12)19-6-9-1-2-22-13(4-9)11(8-21-22)14(18)23/h3,7-9H,1-2,4,6H2,(H2,18,23)(H,19,20)/t9-/m0/s1. The Hall–Kier alpha value is -2.59. The summed E-state index contributed by atoms with van der Waals surface area (Å²) in [7, 11) is 0. The van der Waals surface area contributed by atoms with E-state index in [1.54, 1.807) is 6.07 Å². The SMILES string of the molecule is N#Cc1cnc(NC[C@H]2CCn3ncc(C(N)=O)c3C2)c(Cl)c1. The topological polar surface area (TPSA) is 110 Å². The summed E-state index contributed by atoms with van der Waals surface area (Å²) in [5.41, 5.74) is 7.18. The number of rotatable bonds is 4. The van der Waals surface area contributed by atoms with Gasteiger partial charge in [0.2, 0.25) is 0 Å². The molecule has 0 saturated carbocycles. The number of halogens is 1. The van der Waals surface area contributed by atoms with Crippen molar-refractivity contribution in [2.24, 2.45) is 11.7 Å². The van der Waals surface area contributed by atoms with E-state index in [1.165, 1.54) is 12.4 Å². The minimum atomic E-state index is -0.448. The van der Waals surface area contributed by atoms with Gasteiger partial charge in [-0.2, -0.15) is 10.4 Å². The molecule has 0 saturated heterocycles. The normalized spacial score (nSPS) is 16.4. The summed E-state index contributed by atoms with van der Waals surface area (Å²) in [6.45, 7) is 1.42. The average molecular weight is 331 g/mol. The zero-order valence-corrected chi connectivity index (χ0v) is 13.0. The second kappa shape index (κ2) is 6.26. The van der Waals surface area contributed by atoms with Gasteiger partial charge in [-0.1, -0.05) is 11.6 Å². The van der Waals surface area contributed by atoms with Crippen LogP contribution in [-0.4, -0.2) is 27.2 Å². The number of fused-ring (bicyclic) bond motifs is 1. The Kier molecular flexibility index (Phi) is 4.17. The van der Waals surface area contributed by atoms with Crippen LogP contribution in [-0.2, 0) is 13.0 Å². The van der Waals surface area contributed by atoms with Gasteiger partial charge in [0, 0.05) is 19.3 Å². The van der Waals surface area contributed by atoms with Gasteiger partial charge in [-0.25, -0.2) is 4.98 Å². The van der Waals surface area contributed by atoms with Gasteiger partial charge in [0.1, 0.15) is 11.9 Å². The molecule has 0 aromatic carbocycles. The van der Waals surface area contributed by atoms with E-state index in [2.05, 4.69) is 15.4 Å². The number of aryl methyl sites for hydroxylation is 1. The number of nitrogens with zero attached hydrogens (tertiary/aromatic N) is 4. The molecule has 0 radical (unpaired) electrons. The predicted molar refractivity (Wildman–Crippen MR) is 85.0 cm³/mol. The van der Waals surface area contributed by atoms with Gasteiger partial charge in [-0.3, -0.25) is 9.48 Å². The van der Waals surface area contributed by atoms with Crippen LogP contribution in [0.3, 0.4) is 0 Å². The second-order valence-electron chi connectivity index (χ2n) is 5.50. The third-order valence-corrected chi connectivity index (χ3v) is 4.26. The molecule has 0 fully saturated rings. The van der Waals surface area contributed by atoms with Gasteiger partial charge in [-0.15, -0.1) is 0 Å². The fourth-order valence-corrected chi connectivity index (χ4v) is 2.98. The van der Waals surface area contributed by atoms with Crippen molar-refractivity contribution in [3.05, 3.63) is 40.3 Å². The molecule has 2 aromatic rings. The fourth-order valence-electron chi connectivity index (χ4n) is 2.75. The molecule has 118 valence electrons. The lowest BCUT2D eigenvalue weighted by Gasteiger charge is -2.24. The summed E-state index contributed by atoms with van der Waals surface area (Å²) in [6.07, 6.45) is 4.68. The summed E-state index contributed by atoms with van der Waals surface area (Å²) in [5.74, 6) is 0.433. The first kappa shape index (κ1) is 15.3. The maximum absolute atomic E-state index is 11.4. The first-order chi connectivity index (χ1) is 11.1. The van der Waals surface area contributed by atoms with E-state index in [1.807, 2.05) is 10.8 Å². The highest BCUT2D eigenvalue weighted by atomic mass is 35.5. The van der Waals surface area contributed by atoms with E-state index < -0.39 is 5.91 Å². The number of aromatic nitrogens is 3. The summed E-state index contributed by atoms with van der Waals surface area (Å²) in [4.78, 5) is 15.6. The summed E-state index contributed by atoms with van der Waals surface area (Å²) >= 11 is 6.10. The molecule has 8 heteroatoms. The van der Waals surface area contributed by atoms with E-state index >= 15 is 0 Å². The van der Waals surface area contributed by atoms with E-state index in [0.29, 0.717) is 34.4 Å². The van der Waals surface area contributed by atoms with Crippen LogP contribution in [0, 0.1) is 17.2 Å². The molecular weight excluding hydrogens is 316 g/mol. The largest absolute Gasteiger partial charge is 0.369 e. The third-order valence-electron chi connectivity index (χ3n) is 3.97. The number of nitrogens with two attached hydrogens (primary N) is 1. The molecular formula is C15H15ClN6O. The van der Waals surface area contributed by atoms with Crippen molar-refractivity contribution in [1.29, 1.82) is 5.26 Å². The summed E-state index contributed by atoms with van der Waals surface area (Å²) in [6, 6.07) is 3.58. The Balaban J connectivity index is 1.67. The van der Waals surface area contributed by atoms with Crippen LogP contribution >= 0.6 is 11.6 Å². The smallest absolute Gasteiger partial charge is 0.252 e. The number of amides is 1. The first-order valence-corrected chi connectivity index (χ1v) is 7.60. The van der Waals surface area contributed by atoms with Gasteiger partial charge in [0.25, 0.3) is 5.91 Å².